The number of halogens is 3. The van der Waals surface area contributed by atoms with Crippen LogP contribution >= 0.6 is 26.6 Å². The van der Waals surface area contributed by atoms with Gasteiger partial charge < -0.3 is 0 Å². The monoisotopic (exact) mass is 273 g/mol. The maximum Gasteiger partial charge on any atom is 0.281 e. The van der Waals surface area contributed by atoms with Gasteiger partial charge >= 0.3 is 0 Å². The Morgan fingerprint density at radius 2 is 2.17 bits per heavy atom. The average Bonchev–Trinajstić information content (AvgIpc) is 1.92. The zero-order chi connectivity index (χ0) is 9.35. The van der Waals surface area contributed by atoms with Gasteiger partial charge in [0.15, 0.2) is 5.82 Å². The van der Waals surface area contributed by atoms with E-state index in [4.69, 9.17) is 10.7 Å². The van der Waals surface area contributed by atoms with E-state index in [2.05, 4.69) is 20.9 Å². The first-order chi connectivity index (χ1) is 5.43. The van der Waals surface area contributed by atoms with Crippen LogP contribution in [0.5, 0.6) is 0 Å². The molecular weight excluding hydrogens is 272 g/mol. The first kappa shape index (κ1) is 9.88. The standard InChI is InChI=1S/C5H2BrClFNO2S/c6-3-1-2-9-5(4(3)8)12(7,10)11/h1-2H. The van der Waals surface area contributed by atoms with Gasteiger partial charge in [0.25, 0.3) is 9.05 Å². The van der Waals surface area contributed by atoms with Gasteiger partial charge in [0.05, 0.1) is 4.47 Å². The lowest BCUT2D eigenvalue weighted by Gasteiger charge is -1.97. The molecule has 0 aliphatic carbocycles. The summed E-state index contributed by atoms with van der Waals surface area (Å²) in [5.74, 6) is -0.979. The minimum atomic E-state index is -4.10. The molecule has 66 valence electrons. The van der Waals surface area contributed by atoms with Crippen molar-refractivity contribution in [2.75, 3.05) is 0 Å². The molecule has 0 amide bonds. The Labute approximate surface area is 81.1 Å². The fraction of sp³-hybridized carbons (Fsp3) is 0. The summed E-state index contributed by atoms with van der Waals surface area (Å²) in [6, 6.07) is 1.28. The first-order valence-corrected chi connectivity index (χ1v) is 5.78. The second kappa shape index (κ2) is 3.27. The molecule has 0 fully saturated rings. The summed E-state index contributed by atoms with van der Waals surface area (Å²) in [6.45, 7) is 0. The van der Waals surface area contributed by atoms with E-state index in [1.807, 2.05) is 0 Å². The molecular formula is C5H2BrClFNO2S. The van der Waals surface area contributed by atoms with Gasteiger partial charge in [-0.1, -0.05) is 0 Å². The van der Waals surface area contributed by atoms with Gasteiger partial charge in [-0.3, -0.25) is 0 Å². The van der Waals surface area contributed by atoms with Crippen molar-refractivity contribution in [3.8, 4) is 0 Å². The van der Waals surface area contributed by atoms with Gasteiger partial charge in [-0.05, 0) is 22.0 Å². The number of hydrogen-bond donors (Lipinski definition) is 0. The van der Waals surface area contributed by atoms with E-state index in [9.17, 15) is 12.8 Å². The SMILES string of the molecule is O=S(=O)(Cl)c1nccc(Br)c1F. The molecule has 1 rings (SSSR count). The summed E-state index contributed by atoms with van der Waals surface area (Å²) in [7, 11) is 0.785. The van der Waals surface area contributed by atoms with Gasteiger partial charge in [-0.25, -0.2) is 17.8 Å². The highest BCUT2D eigenvalue weighted by Gasteiger charge is 2.19. The van der Waals surface area contributed by atoms with Gasteiger partial charge in [0.1, 0.15) is 0 Å². The van der Waals surface area contributed by atoms with Crippen LogP contribution in [0.4, 0.5) is 4.39 Å². The maximum absolute atomic E-state index is 12.9. The van der Waals surface area contributed by atoms with E-state index in [1.165, 1.54) is 6.07 Å². The summed E-state index contributed by atoms with van der Waals surface area (Å²) < 4.78 is 34.2. The molecule has 3 nitrogen and oxygen atoms in total. The van der Waals surface area contributed by atoms with Crippen LogP contribution in [0.1, 0.15) is 0 Å². The molecule has 0 atom stereocenters. The fourth-order valence-corrected chi connectivity index (χ4v) is 1.84. The molecule has 0 spiro atoms. The number of aromatic nitrogens is 1. The molecule has 0 N–H and O–H groups in total. The lowest BCUT2D eigenvalue weighted by molar-refractivity contribution is 0.557. The van der Waals surface area contributed by atoms with Crippen molar-refractivity contribution in [1.82, 2.24) is 4.98 Å². The second-order valence-corrected chi connectivity index (χ2v) is 5.19. The lowest BCUT2D eigenvalue weighted by atomic mass is 10.5. The number of nitrogens with zero attached hydrogens (tertiary/aromatic N) is 1. The molecule has 1 heterocycles. The van der Waals surface area contributed by atoms with Gasteiger partial charge in [0, 0.05) is 16.9 Å². The molecule has 12 heavy (non-hydrogen) atoms. The molecule has 0 unspecified atom stereocenters. The third-order valence-corrected chi connectivity index (χ3v) is 2.84. The van der Waals surface area contributed by atoms with Crippen molar-refractivity contribution >= 4 is 35.7 Å². The third kappa shape index (κ3) is 1.94. The molecule has 1 aromatic heterocycles. The second-order valence-electron chi connectivity index (χ2n) is 1.85. The highest BCUT2D eigenvalue weighted by atomic mass is 79.9. The van der Waals surface area contributed by atoms with Crippen LogP contribution in [0.3, 0.4) is 0 Å². The van der Waals surface area contributed by atoms with E-state index in [0.717, 1.165) is 6.20 Å². The summed E-state index contributed by atoms with van der Waals surface area (Å²) >= 11 is 2.80. The highest BCUT2D eigenvalue weighted by molar-refractivity contribution is 9.10. The maximum atomic E-state index is 12.9. The molecule has 1 aromatic rings. The Morgan fingerprint density at radius 3 is 2.58 bits per heavy atom. The molecule has 0 saturated carbocycles. The van der Waals surface area contributed by atoms with Crippen LogP contribution in [0.15, 0.2) is 21.8 Å². The number of rotatable bonds is 1. The molecule has 0 saturated heterocycles. The van der Waals surface area contributed by atoms with Crippen LogP contribution < -0.4 is 0 Å². The Kier molecular flexibility index (Phi) is 2.70. The Morgan fingerprint density at radius 1 is 1.58 bits per heavy atom. The Hall–Kier alpha value is -0.200. The Bertz CT molecular complexity index is 408. The van der Waals surface area contributed by atoms with Crippen LogP contribution in [-0.2, 0) is 9.05 Å². The molecule has 0 radical (unpaired) electrons. The Balaban J connectivity index is 3.47. The number of pyridine rings is 1. The smallest absolute Gasteiger partial charge is 0.241 e. The topological polar surface area (TPSA) is 47.0 Å². The van der Waals surface area contributed by atoms with Gasteiger partial charge in [0.2, 0.25) is 5.03 Å². The molecule has 0 aliphatic heterocycles. The summed E-state index contributed by atoms with van der Waals surface area (Å²) in [5.41, 5.74) is 0. The highest BCUT2D eigenvalue weighted by Crippen LogP contribution is 2.22. The lowest BCUT2D eigenvalue weighted by Crippen LogP contribution is -1.99. The van der Waals surface area contributed by atoms with Crippen molar-refractivity contribution in [2.45, 2.75) is 5.03 Å². The van der Waals surface area contributed by atoms with Crippen molar-refractivity contribution in [2.24, 2.45) is 0 Å². The van der Waals surface area contributed by atoms with E-state index >= 15 is 0 Å². The van der Waals surface area contributed by atoms with Gasteiger partial charge in [-0.2, -0.15) is 0 Å². The van der Waals surface area contributed by atoms with Gasteiger partial charge in [-0.15, -0.1) is 0 Å². The van der Waals surface area contributed by atoms with E-state index in [-0.39, 0.29) is 4.47 Å². The van der Waals surface area contributed by atoms with Crippen molar-refractivity contribution < 1.29 is 12.8 Å². The van der Waals surface area contributed by atoms with Crippen LogP contribution in [0.2, 0.25) is 0 Å². The summed E-state index contributed by atoms with van der Waals surface area (Å²) in [5, 5.41) is -0.765. The minimum Gasteiger partial charge on any atom is -0.241 e. The average molecular weight is 274 g/mol. The van der Waals surface area contributed by atoms with Crippen LogP contribution in [0, 0.1) is 5.82 Å². The zero-order valence-electron chi connectivity index (χ0n) is 5.46. The fourth-order valence-electron chi connectivity index (χ4n) is 0.572. The minimum absolute atomic E-state index is 0.0109. The summed E-state index contributed by atoms with van der Waals surface area (Å²) in [6.07, 6.45) is 1.14. The van der Waals surface area contributed by atoms with Crippen molar-refractivity contribution in [3.05, 3.63) is 22.6 Å². The van der Waals surface area contributed by atoms with E-state index < -0.39 is 19.9 Å². The van der Waals surface area contributed by atoms with E-state index in [0.29, 0.717) is 0 Å². The van der Waals surface area contributed by atoms with Crippen molar-refractivity contribution in [3.63, 3.8) is 0 Å². The summed E-state index contributed by atoms with van der Waals surface area (Å²) in [4.78, 5) is 3.29. The molecule has 0 aromatic carbocycles. The van der Waals surface area contributed by atoms with Crippen molar-refractivity contribution in [1.29, 1.82) is 0 Å². The number of hydrogen-bond acceptors (Lipinski definition) is 3. The van der Waals surface area contributed by atoms with Crippen LogP contribution in [-0.4, -0.2) is 13.4 Å². The van der Waals surface area contributed by atoms with E-state index in [1.54, 1.807) is 0 Å². The molecule has 7 heteroatoms. The van der Waals surface area contributed by atoms with Crippen LogP contribution in [0.25, 0.3) is 0 Å². The predicted octanol–water partition coefficient (Wildman–Crippen LogP) is 1.91. The normalized spacial score (nSPS) is 11.6. The predicted molar refractivity (Wildman–Crippen MR) is 44.9 cm³/mol. The largest absolute Gasteiger partial charge is 0.281 e. The zero-order valence-corrected chi connectivity index (χ0v) is 8.62. The molecule has 0 aliphatic rings. The third-order valence-electron chi connectivity index (χ3n) is 1.04. The first-order valence-electron chi connectivity index (χ1n) is 2.67. The quantitative estimate of drug-likeness (QED) is 0.735. The molecule has 0 bridgehead atoms.